The van der Waals surface area contributed by atoms with E-state index in [-0.39, 0.29) is 33.9 Å². The van der Waals surface area contributed by atoms with Gasteiger partial charge >= 0.3 is 0 Å². The molecule has 208 valence electrons. The number of para-hydroxylation sites is 1. The van der Waals surface area contributed by atoms with Gasteiger partial charge in [-0.3, -0.25) is 14.9 Å². The van der Waals surface area contributed by atoms with Gasteiger partial charge < -0.3 is 13.9 Å². The summed E-state index contributed by atoms with van der Waals surface area (Å²) in [4.78, 5) is 32.5. The SMILES string of the molecule is COc1cc(C=Nn2c(-c3cc4cc(Br)ccc4o3)nc3ccccc3c2=O)cc(Cl)c1Oc1ccc([N+](=O)[O-])cn1. The minimum atomic E-state index is -0.562. The van der Waals surface area contributed by atoms with Gasteiger partial charge in [0.05, 0.1) is 34.2 Å². The van der Waals surface area contributed by atoms with Gasteiger partial charge in [0.1, 0.15) is 11.8 Å². The van der Waals surface area contributed by atoms with Gasteiger partial charge in [-0.15, -0.1) is 0 Å². The van der Waals surface area contributed by atoms with Crippen LogP contribution in [0.25, 0.3) is 33.5 Å². The van der Waals surface area contributed by atoms with Crippen LogP contribution in [0.5, 0.6) is 17.4 Å². The first-order chi connectivity index (χ1) is 20.3. The Bertz CT molecular complexity index is 2090. The zero-order chi connectivity index (χ0) is 29.4. The zero-order valence-electron chi connectivity index (χ0n) is 21.5. The molecule has 0 aliphatic carbocycles. The fourth-order valence-electron chi connectivity index (χ4n) is 4.20. The number of hydrogen-bond acceptors (Lipinski definition) is 9. The van der Waals surface area contributed by atoms with E-state index in [2.05, 4.69) is 31.0 Å². The molecule has 0 fully saturated rings. The highest BCUT2D eigenvalue weighted by Crippen LogP contribution is 2.39. The van der Waals surface area contributed by atoms with Crippen molar-refractivity contribution >= 4 is 61.3 Å². The molecule has 0 N–H and O–H groups in total. The summed E-state index contributed by atoms with van der Waals surface area (Å²) < 4.78 is 19.3. The van der Waals surface area contributed by atoms with Gasteiger partial charge in [-0.05, 0) is 54.1 Å². The molecule has 0 aliphatic heterocycles. The van der Waals surface area contributed by atoms with E-state index >= 15 is 0 Å². The summed E-state index contributed by atoms with van der Waals surface area (Å²) in [5.41, 5.74) is 1.04. The van der Waals surface area contributed by atoms with Crippen LogP contribution in [0.15, 0.2) is 97.8 Å². The molecule has 3 aromatic heterocycles. The van der Waals surface area contributed by atoms with Gasteiger partial charge in [-0.1, -0.05) is 39.7 Å². The smallest absolute Gasteiger partial charge is 0.287 e. The molecular weight excluding hydrogens is 630 g/mol. The lowest BCUT2D eigenvalue weighted by molar-refractivity contribution is -0.385. The van der Waals surface area contributed by atoms with Gasteiger partial charge in [0.2, 0.25) is 11.7 Å². The monoisotopic (exact) mass is 645 g/mol. The first-order valence-electron chi connectivity index (χ1n) is 12.2. The van der Waals surface area contributed by atoms with Crippen LogP contribution in [-0.4, -0.2) is 32.9 Å². The third-order valence-corrected chi connectivity index (χ3v) is 6.94. The summed E-state index contributed by atoms with van der Waals surface area (Å²) >= 11 is 9.98. The average molecular weight is 647 g/mol. The van der Waals surface area contributed by atoms with Crippen molar-refractivity contribution in [2.24, 2.45) is 5.10 Å². The highest BCUT2D eigenvalue weighted by Gasteiger charge is 2.18. The molecule has 3 aromatic carbocycles. The second-order valence-corrected chi connectivity index (χ2v) is 10.2. The molecule has 13 heteroatoms. The number of nitro groups is 1. The lowest BCUT2D eigenvalue weighted by Crippen LogP contribution is -2.20. The maximum absolute atomic E-state index is 13.6. The molecule has 0 spiro atoms. The molecule has 42 heavy (non-hydrogen) atoms. The number of fused-ring (bicyclic) bond motifs is 2. The molecule has 0 radical (unpaired) electrons. The Kier molecular flexibility index (Phi) is 7.15. The van der Waals surface area contributed by atoms with Crippen molar-refractivity contribution < 1.29 is 18.8 Å². The van der Waals surface area contributed by atoms with E-state index in [0.29, 0.717) is 27.8 Å². The Labute approximate surface area is 249 Å². The number of methoxy groups -OCH3 is 1. The summed E-state index contributed by atoms with van der Waals surface area (Å²) in [7, 11) is 1.43. The van der Waals surface area contributed by atoms with Crippen molar-refractivity contribution in [3.05, 3.63) is 115 Å². The molecule has 0 saturated carbocycles. The minimum Gasteiger partial charge on any atom is -0.493 e. The van der Waals surface area contributed by atoms with Crippen molar-refractivity contribution in [3.8, 4) is 29.0 Å². The van der Waals surface area contributed by atoms with Gasteiger partial charge in [0, 0.05) is 22.0 Å². The van der Waals surface area contributed by atoms with Crippen molar-refractivity contribution in [3.63, 3.8) is 0 Å². The number of halogens is 2. The summed E-state index contributed by atoms with van der Waals surface area (Å²) in [5, 5.41) is 16.7. The quantitative estimate of drug-likeness (QED) is 0.101. The normalized spacial score (nSPS) is 11.4. The maximum Gasteiger partial charge on any atom is 0.287 e. The summed E-state index contributed by atoms with van der Waals surface area (Å²) in [5.74, 6) is 1.05. The minimum absolute atomic E-state index is 0.0820. The summed E-state index contributed by atoms with van der Waals surface area (Å²) in [6, 6.07) is 20.1. The molecule has 3 heterocycles. The Hall–Kier alpha value is -5.07. The number of benzene rings is 3. The predicted molar refractivity (Wildman–Crippen MR) is 161 cm³/mol. The van der Waals surface area contributed by atoms with Crippen LogP contribution < -0.4 is 15.0 Å². The highest BCUT2D eigenvalue weighted by atomic mass is 79.9. The maximum atomic E-state index is 13.6. The van der Waals surface area contributed by atoms with Crippen molar-refractivity contribution in [1.82, 2.24) is 14.6 Å². The van der Waals surface area contributed by atoms with Crippen molar-refractivity contribution in [2.75, 3.05) is 7.11 Å². The zero-order valence-corrected chi connectivity index (χ0v) is 23.9. The van der Waals surface area contributed by atoms with E-state index in [4.69, 9.17) is 25.5 Å². The molecule has 0 unspecified atom stereocenters. The molecule has 0 aliphatic rings. The number of nitrogens with zero attached hydrogens (tertiary/aromatic N) is 5. The van der Waals surface area contributed by atoms with E-state index in [1.54, 1.807) is 42.5 Å². The van der Waals surface area contributed by atoms with Crippen LogP contribution in [0.4, 0.5) is 5.69 Å². The Morgan fingerprint density at radius 3 is 2.71 bits per heavy atom. The standard InChI is InChI=1S/C29H17BrClN5O6/c1-40-24-11-16(10-21(31)27(24)42-26-9-7-19(15-32-26)36(38)39)14-33-35-28(34-22-5-3-2-4-20(22)29(35)37)25-13-17-12-18(30)6-8-23(17)41-25/h2-15H,1H3. The lowest BCUT2D eigenvalue weighted by atomic mass is 10.2. The van der Waals surface area contributed by atoms with Crippen LogP contribution in [0.1, 0.15) is 5.56 Å². The van der Waals surface area contributed by atoms with Gasteiger partial charge in [0.25, 0.3) is 11.2 Å². The molecule has 6 aromatic rings. The molecule has 6 rings (SSSR count). The number of hydrogen-bond donors (Lipinski definition) is 0. The number of furan rings is 1. The predicted octanol–water partition coefficient (Wildman–Crippen LogP) is 7.21. The lowest BCUT2D eigenvalue weighted by Gasteiger charge is -2.12. The summed E-state index contributed by atoms with van der Waals surface area (Å²) in [6.45, 7) is 0. The van der Waals surface area contributed by atoms with Crippen molar-refractivity contribution in [2.45, 2.75) is 0 Å². The largest absolute Gasteiger partial charge is 0.493 e. The topological polar surface area (TPSA) is 135 Å². The number of ether oxygens (including phenoxy) is 2. The van der Waals surface area contributed by atoms with Crippen LogP contribution in [0.3, 0.4) is 0 Å². The van der Waals surface area contributed by atoms with Gasteiger partial charge in [0.15, 0.2) is 17.3 Å². The Morgan fingerprint density at radius 1 is 1.12 bits per heavy atom. The first kappa shape index (κ1) is 27.1. The van der Waals surface area contributed by atoms with E-state index in [9.17, 15) is 14.9 Å². The van der Waals surface area contributed by atoms with E-state index in [1.807, 2.05) is 18.2 Å². The van der Waals surface area contributed by atoms with Crippen LogP contribution in [0, 0.1) is 10.1 Å². The van der Waals surface area contributed by atoms with Crippen LogP contribution in [-0.2, 0) is 0 Å². The number of pyridine rings is 1. The molecule has 0 bridgehead atoms. The fourth-order valence-corrected chi connectivity index (χ4v) is 4.83. The third-order valence-electron chi connectivity index (χ3n) is 6.16. The molecule has 0 amide bonds. The fraction of sp³-hybridized carbons (Fsp3) is 0.0345. The highest BCUT2D eigenvalue weighted by molar-refractivity contribution is 9.10. The number of rotatable bonds is 7. The van der Waals surface area contributed by atoms with E-state index in [0.717, 1.165) is 16.1 Å². The molecule has 0 atom stereocenters. The van der Waals surface area contributed by atoms with Gasteiger partial charge in [-0.2, -0.15) is 9.78 Å². The summed E-state index contributed by atoms with van der Waals surface area (Å²) in [6.07, 6.45) is 2.51. The van der Waals surface area contributed by atoms with Crippen molar-refractivity contribution in [1.29, 1.82) is 0 Å². The second kappa shape index (κ2) is 11.1. The van der Waals surface area contributed by atoms with E-state index in [1.165, 1.54) is 30.1 Å². The molecular formula is C29H17BrClN5O6. The Morgan fingerprint density at radius 2 is 1.95 bits per heavy atom. The number of aromatic nitrogens is 3. The molecule has 11 nitrogen and oxygen atoms in total. The second-order valence-electron chi connectivity index (χ2n) is 8.85. The van der Waals surface area contributed by atoms with Gasteiger partial charge in [-0.25, -0.2) is 9.97 Å². The van der Waals surface area contributed by atoms with Crippen LogP contribution >= 0.6 is 27.5 Å². The molecule has 0 saturated heterocycles. The van der Waals surface area contributed by atoms with Crippen LogP contribution in [0.2, 0.25) is 5.02 Å². The average Bonchev–Trinajstić information content (AvgIpc) is 3.41. The first-order valence-corrected chi connectivity index (χ1v) is 13.4. The Balaban J connectivity index is 1.41. The third kappa shape index (κ3) is 5.20. The van der Waals surface area contributed by atoms with E-state index < -0.39 is 10.5 Å².